The largest absolute Gasteiger partial charge is 1.00 e. The molecule has 1 N–H and O–H groups in total. The van der Waals surface area contributed by atoms with E-state index in [1.165, 1.54) is 27.4 Å². The van der Waals surface area contributed by atoms with Gasteiger partial charge in [0.25, 0.3) is 6.33 Å². The lowest BCUT2D eigenvalue weighted by Crippen LogP contribution is -3.00. The van der Waals surface area contributed by atoms with Crippen molar-refractivity contribution in [2.45, 2.75) is 44.1 Å². The first-order valence-electron chi connectivity index (χ1n) is 12.8. The van der Waals surface area contributed by atoms with Gasteiger partial charge < -0.3 is 36.9 Å². The van der Waals surface area contributed by atoms with Gasteiger partial charge in [0, 0.05) is 29.2 Å². The van der Waals surface area contributed by atoms with Crippen LogP contribution in [0.4, 0.5) is 0 Å². The van der Waals surface area contributed by atoms with Gasteiger partial charge in [0.05, 0.1) is 34.6 Å². The number of aromatic nitrogens is 3. The highest BCUT2D eigenvalue weighted by Gasteiger charge is 2.59. The number of rotatable bonds is 8. The van der Waals surface area contributed by atoms with E-state index in [-0.39, 0.29) is 40.5 Å². The minimum atomic E-state index is -1.36. The zero-order valence-electron chi connectivity index (χ0n) is 22.2. The van der Waals surface area contributed by atoms with E-state index in [1.54, 1.807) is 18.7 Å². The number of aliphatic hydroxyl groups excluding tert-OH is 1. The Morgan fingerprint density at radius 3 is 2.52 bits per heavy atom. The minimum absolute atomic E-state index is 0. The van der Waals surface area contributed by atoms with Gasteiger partial charge in [-0.3, -0.25) is 4.79 Å². The minimum Gasteiger partial charge on any atom is -1.00 e. The van der Waals surface area contributed by atoms with Gasteiger partial charge >= 0.3 is 0 Å². The van der Waals surface area contributed by atoms with Gasteiger partial charge in [0.15, 0.2) is 18.9 Å². The quantitative estimate of drug-likeness (QED) is 0.147. The van der Waals surface area contributed by atoms with Gasteiger partial charge in [-0.05, 0) is 24.8 Å². The van der Waals surface area contributed by atoms with E-state index < -0.39 is 18.0 Å². The number of halogens is 1. The molecule has 2 aliphatic rings. The average Bonchev–Trinajstić information content (AvgIpc) is 3.51. The van der Waals surface area contributed by atoms with Crippen molar-refractivity contribution in [1.29, 1.82) is 0 Å². The molecule has 3 aromatic heterocycles. The Bertz CT molecular complexity index is 1630. The molecule has 8 nitrogen and oxygen atoms in total. The van der Waals surface area contributed by atoms with Crippen molar-refractivity contribution in [3.63, 3.8) is 0 Å². The summed E-state index contributed by atoms with van der Waals surface area (Å²) in [6, 6.07) is 14.3. The molecule has 5 heterocycles. The number of aliphatic carboxylic acids is 1. The Morgan fingerprint density at radius 1 is 1.18 bits per heavy atom. The Labute approximate surface area is 251 Å². The van der Waals surface area contributed by atoms with E-state index in [2.05, 4.69) is 45.8 Å². The maximum Gasteiger partial charge on any atom is 0.250 e. The van der Waals surface area contributed by atoms with Gasteiger partial charge in [-0.2, -0.15) is 4.40 Å². The highest BCUT2D eigenvalue weighted by molar-refractivity contribution is 7.98. The second-order valence-electron chi connectivity index (χ2n) is 10.2. The van der Waals surface area contributed by atoms with E-state index in [0.29, 0.717) is 12.1 Å². The maximum atomic E-state index is 12.7. The van der Waals surface area contributed by atoms with Crippen LogP contribution in [0.3, 0.4) is 0 Å². The lowest BCUT2D eigenvalue weighted by atomic mass is 9.77. The van der Waals surface area contributed by atoms with E-state index in [0.717, 1.165) is 21.3 Å². The third kappa shape index (κ3) is 4.68. The summed E-state index contributed by atoms with van der Waals surface area (Å²) in [6.07, 6.45) is 9.30. The number of carbonyl (C=O) groups excluding carboxylic acids is 2. The molecule has 1 aromatic carbocycles. The molecule has 1 fully saturated rings. The first kappa shape index (κ1) is 28.5. The van der Waals surface area contributed by atoms with Gasteiger partial charge in [-0.25, -0.2) is 9.13 Å². The number of imidazole rings is 1. The molecule has 1 amide bonds. The first-order chi connectivity index (χ1) is 18.8. The molecule has 2 aliphatic heterocycles. The summed E-state index contributed by atoms with van der Waals surface area (Å²) in [5, 5.41) is 23.4. The van der Waals surface area contributed by atoms with E-state index in [1.807, 2.05) is 48.3 Å². The van der Waals surface area contributed by atoms with Crippen LogP contribution in [0.5, 0.6) is 0 Å². The van der Waals surface area contributed by atoms with Crippen molar-refractivity contribution in [2.75, 3.05) is 6.26 Å². The molecular formula is C29H29BrN4O4S2. The van der Waals surface area contributed by atoms with Crippen LogP contribution in [0.15, 0.2) is 78.1 Å². The summed E-state index contributed by atoms with van der Waals surface area (Å²) in [6.45, 7) is 5.01. The number of carboxylic acids is 1. The fourth-order valence-electron chi connectivity index (χ4n) is 6.03. The molecule has 11 heteroatoms. The number of aliphatic hydroxyl groups is 1. The third-order valence-electron chi connectivity index (χ3n) is 7.72. The summed E-state index contributed by atoms with van der Waals surface area (Å²) in [5.41, 5.74) is 2.96. The molecule has 1 saturated heterocycles. The second-order valence-corrected chi connectivity index (χ2v) is 12.1. The third-order valence-corrected chi connectivity index (χ3v) is 9.80. The number of fused-ring (bicyclic) bond motifs is 2. The molecule has 0 radical (unpaired) electrons. The van der Waals surface area contributed by atoms with Crippen molar-refractivity contribution >= 4 is 45.4 Å². The monoisotopic (exact) mass is 640 g/mol. The highest BCUT2D eigenvalue weighted by atomic mass is 79.9. The summed E-state index contributed by atoms with van der Waals surface area (Å²) in [4.78, 5) is 28.0. The Hall–Kier alpha value is -2.99. The van der Waals surface area contributed by atoms with Crippen LogP contribution in [-0.2, 0) is 22.7 Å². The lowest BCUT2D eigenvalue weighted by Gasteiger charge is -2.47. The van der Waals surface area contributed by atoms with Crippen LogP contribution in [0.1, 0.15) is 29.9 Å². The fraction of sp³-hybridized carbons (Fsp3) is 0.310. The number of nitrogens with zero attached hydrogens (tertiary/aromatic N) is 4. The number of hydrogen-bond acceptors (Lipinski definition) is 6. The van der Waals surface area contributed by atoms with Gasteiger partial charge in [-0.1, -0.05) is 54.3 Å². The number of amides is 1. The molecule has 0 aliphatic carbocycles. The second kappa shape index (κ2) is 11.1. The first-order valence-corrected chi connectivity index (χ1v) is 14.9. The number of thiazole rings is 1. The van der Waals surface area contributed by atoms with E-state index in [4.69, 9.17) is 0 Å². The normalized spacial score (nSPS) is 20.9. The summed E-state index contributed by atoms with van der Waals surface area (Å²) >= 11 is 3.16. The number of hydrogen-bond donors (Lipinski definition) is 1. The zero-order chi connectivity index (χ0) is 27.4. The SMILES string of the molecule is CSc1c2sc(C3=C(C(=O)[O-])N4C(=O)[C@H]([C@@H](C)O)[C@H]4[C@H]3C)cn2c[n+]1Cc1cccc(C[n+]2ccccc2)c1.[Br-]. The molecule has 40 heavy (non-hydrogen) atoms. The number of carbonyl (C=O) groups is 2. The molecular weight excluding hydrogens is 612 g/mol. The lowest BCUT2D eigenvalue weighted by molar-refractivity contribution is -0.721. The van der Waals surface area contributed by atoms with E-state index in [9.17, 15) is 19.8 Å². The number of β-lactam (4-membered cyclic amide) rings is 1. The number of thioether (sulfide) groups is 1. The zero-order valence-corrected chi connectivity index (χ0v) is 25.4. The number of pyridine rings is 1. The maximum absolute atomic E-state index is 12.7. The summed E-state index contributed by atoms with van der Waals surface area (Å²) in [5.74, 6) is -2.54. The topological polar surface area (TPSA) is 92.8 Å². The smallest absolute Gasteiger partial charge is 0.250 e. The molecule has 4 atom stereocenters. The fourth-order valence-corrected chi connectivity index (χ4v) is 8.21. The summed E-state index contributed by atoms with van der Waals surface area (Å²) < 4.78 is 6.39. The van der Waals surface area contributed by atoms with Crippen molar-refractivity contribution in [3.05, 3.63) is 89.1 Å². The predicted octanol–water partition coefficient (Wildman–Crippen LogP) is -1.28. The van der Waals surface area contributed by atoms with Crippen LogP contribution in [0.25, 0.3) is 10.4 Å². The Morgan fingerprint density at radius 2 is 1.88 bits per heavy atom. The predicted molar refractivity (Wildman–Crippen MR) is 145 cm³/mol. The molecule has 0 unspecified atom stereocenters. The van der Waals surface area contributed by atoms with Crippen molar-refractivity contribution < 1.29 is 45.9 Å². The molecule has 208 valence electrons. The van der Waals surface area contributed by atoms with Gasteiger partial charge in [0.2, 0.25) is 15.8 Å². The highest BCUT2D eigenvalue weighted by Crippen LogP contribution is 2.51. The van der Waals surface area contributed by atoms with Crippen LogP contribution < -0.4 is 31.2 Å². The van der Waals surface area contributed by atoms with Crippen LogP contribution >= 0.6 is 23.1 Å². The van der Waals surface area contributed by atoms with E-state index >= 15 is 0 Å². The van der Waals surface area contributed by atoms with Gasteiger partial charge in [0.1, 0.15) is 12.7 Å². The van der Waals surface area contributed by atoms with Crippen molar-refractivity contribution in [1.82, 2.24) is 9.30 Å². The number of benzene rings is 1. The number of carboxylic acid groups (broad SMARTS) is 1. The van der Waals surface area contributed by atoms with Crippen LogP contribution in [0, 0.1) is 11.8 Å². The molecule has 0 saturated carbocycles. The van der Waals surface area contributed by atoms with Crippen LogP contribution in [0.2, 0.25) is 0 Å². The van der Waals surface area contributed by atoms with Crippen molar-refractivity contribution in [2.24, 2.45) is 11.8 Å². The molecule has 0 bridgehead atoms. The standard InChI is InChI=1S/C29H29N4O4S2.BrH/c1-17-22(25(29(36)37)33-24(17)23(18(2)34)26(33)35)21-15-32-16-31(27(38-3)28(32)39-21)14-20-9-7-8-19(12-20)13-30-10-5-4-6-11-30;/h4-12,15-18,23-24,34H,13-14H2,1-3H3;1H/q+1;/p-1/t17-,18+,23+,24+;/m0./s1. The Balaban J connectivity index is 0.00000323. The molecule has 0 spiro atoms. The molecule has 4 aromatic rings. The molecule has 6 rings (SSSR count). The van der Waals surface area contributed by atoms with Gasteiger partial charge in [-0.15, -0.1) is 0 Å². The van der Waals surface area contributed by atoms with Crippen LogP contribution in [-0.4, -0.2) is 44.7 Å². The summed E-state index contributed by atoms with van der Waals surface area (Å²) in [7, 11) is 0. The Kier molecular flexibility index (Phi) is 7.93. The van der Waals surface area contributed by atoms with Crippen molar-refractivity contribution in [3.8, 4) is 0 Å². The average molecular weight is 642 g/mol.